The molecule has 0 bridgehead atoms. The molecule has 0 aliphatic heterocycles. The summed E-state index contributed by atoms with van der Waals surface area (Å²) in [4.78, 5) is 102. The van der Waals surface area contributed by atoms with Crippen molar-refractivity contribution in [1.82, 2.24) is 36.6 Å². The molecule has 0 saturated heterocycles. The first-order chi connectivity index (χ1) is 34.7. The van der Waals surface area contributed by atoms with Crippen molar-refractivity contribution in [3.8, 4) is 5.75 Å². The summed E-state index contributed by atoms with van der Waals surface area (Å²) in [5.74, 6) is -6.72. The second-order valence-electron chi connectivity index (χ2n) is 17.6. The van der Waals surface area contributed by atoms with Gasteiger partial charge in [0.1, 0.15) is 36.0 Å². The fourth-order valence-corrected chi connectivity index (χ4v) is 8.45. The molecule has 18 nitrogen and oxygen atoms in total. The third-order valence-electron chi connectivity index (χ3n) is 12.3. The Labute approximate surface area is 413 Å². The maximum absolute atomic E-state index is 14.7. The van der Waals surface area contributed by atoms with Gasteiger partial charge in [0.15, 0.2) is 0 Å². The SMILES string of the molecule is N[C@@H](Cc1c[nH]c2ccccc12)C(=O)N[C@@H](CCC(=O)O)C(=O)N[C@@H](Cc1ccccc1)C(=O)N[C@@H](Cc1ccc(O)cc1)C(=O)N[C@@H](Cc1c[nH]c2ccccc12)C(=O)N[C@@H](Cc1ccccc1)C(=O)O. The molecule has 72 heavy (non-hydrogen) atoms. The largest absolute Gasteiger partial charge is 0.508 e. The number of para-hydroxylation sites is 2. The molecule has 18 heteroatoms. The van der Waals surface area contributed by atoms with Gasteiger partial charge in [0.05, 0.1) is 6.04 Å². The molecule has 0 aliphatic carbocycles. The second kappa shape index (κ2) is 24.2. The molecule has 5 aromatic carbocycles. The minimum atomic E-state index is -1.45. The summed E-state index contributed by atoms with van der Waals surface area (Å²) in [6, 6.07) is 29.8. The van der Waals surface area contributed by atoms with Crippen LogP contribution in [-0.4, -0.2) is 103 Å². The summed E-state index contributed by atoms with van der Waals surface area (Å²) in [5.41, 5.74) is 11.1. The number of amides is 5. The number of carboxylic acids is 2. The van der Waals surface area contributed by atoms with Gasteiger partial charge in [-0.3, -0.25) is 28.8 Å². The number of nitrogens with one attached hydrogen (secondary N) is 7. The molecule has 372 valence electrons. The van der Waals surface area contributed by atoms with Crippen LogP contribution in [0.25, 0.3) is 21.8 Å². The standard InChI is InChI=1S/C54H56N8O10/c55-40(28-35-30-56-41-17-9-7-15-38(35)41)49(66)58-43(23-24-48(64)65)50(67)59-44(25-32-11-3-1-4-12-32)51(68)60-45(26-34-19-21-37(63)22-20-34)52(69)61-46(29-36-31-57-42-18-10-8-16-39(36)42)53(70)62-47(54(71)72)27-33-13-5-2-6-14-33/h1-22,30-31,40,43-47,56-57,63H,23-29,55H2,(H,58,66)(H,59,67)(H,60,68)(H,61,69)(H,62,70)(H,64,65)(H,71,72)/t40-,43-,44-,45-,46-,47-/m0/s1. The third-order valence-corrected chi connectivity index (χ3v) is 12.3. The lowest BCUT2D eigenvalue weighted by Crippen LogP contribution is -2.60. The average Bonchev–Trinajstić information content (AvgIpc) is 3.98. The average molecular weight is 977 g/mol. The number of benzene rings is 5. The Kier molecular flexibility index (Phi) is 17.2. The molecule has 12 N–H and O–H groups in total. The van der Waals surface area contributed by atoms with Crippen LogP contribution in [0.4, 0.5) is 0 Å². The predicted octanol–water partition coefficient (Wildman–Crippen LogP) is 3.57. The number of carbonyl (C=O) groups is 7. The van der Waals surface area contributed by atoms with Crippen molar-refractivity contribution in [1.29, 1.82) is 0 Å². The van der Waals surface area contributed by atoms with Gasteiger partial charge in [-0.2, -0.15) is 0 Å². The third kappa shape index (κ3) is 13.9. The van der Waals surface area contributed by atoms with Crippen LogP contribution in [0.3, 0.4) is 0 Å². The van der Waals surface area contributed by atoms with Crippen LogP contribution in [-0.2, 0) is 65.7 Å². The maximum atomic E-state index is 14.7. The molecule has 6 atom stereocenters. The number of aromatic nitrogens is 2. The molecule has 5 amide bonds. The van der Waals surface area contributed by atoms with Crippen molar-refractivity contribution < 1.29 is 48.9 Å². The minimum Gasteiger partial charge on any atom is -0.508 e. The zero-order valence-corrected chi connectivity index (χ0v) is 39.0. The van der Waals surface area contributed by atoms with Gasteiger partial charge in [0.2, 0.25) is 29.5 Å². The second-order valence-corrected chi connectivity index (χ2v) is 17.6. The molecule has 7 rings (SSSR count). The van der Waals surface area contributed by atoms with E-state index >= 15 is 0 Å². The number of carbonyl (C=O) groups excluding carboxylic acids is 5. The molecular formula is C54H56N8O10. The Morgan fingerprint density at radius 1 is 0.444 bits per heavy atom. The van der Waals surface area contributed by atoms with E-state index in [0.717, 1.165) is 27.4 Å². The number of aromatic hydroxyl groups is 1. The van der Waals surface area contributed by atoms with Crippen molar-refractivity contribution in [2.75, 3.05) is 0 Å². The molecule has 0 saturated carbocycles. The summed E-state index contributed by atoms with van der Waals surface area (Å²) in [6.45, 7) is 0. The molecule has 0 spiro atoms. The number of fused-ring (bicyclic) bond motifs is 2. The quantitative estimate of drug-likeness (QED) is 0.0416. The number of nitrogens with two attached hydrogens (primary N) is 1. The highest BCUT2D eigenvalue weighted by molar-refractivity contribution is 5.97. The molecular weight excluding hydrogens is 921 g/mol. The number of rotatable bonds is 24. The van der Waals surface area contributed by atoms with E-state index in [4.69, 9.17) is 5.73 Å². The Morgan fingerprint density at radius 2 is 0.833 bits per heavy atom. The van der Waals surface area contributed by atoms with Gasteiger partial charge in [-0.25, -0.2) is 4.79 Å². The molecule has 2 aromatic heterocycles. The van der Waals surface area contributed by atoms with Crippen LogP contribution in [0.15, 0.2) is 146 Å². The van der Waals surface area contributed by atoms with Crippen molar-refractivity contribution in [3.05, 3.63) is 174 Å². The number of aromatic amines is 2. The summed E-state index contributed by atoms with van der Waals surface area (Å²) in [5, 5.41) is 44.9. The predicted molar refractivity (Wildman–Crippen MR) is 268 cm³/mol. The first-order valence-corrected chi connectivity index (χ1v) is 23.4. The maximum Gasteiger partial charge on any atom is 0.326 e. The van der Waals surface area contributed by atoms with Crippen molar-refractivity contribution >= 4 is 63.3 Å². The smallest absolute Gasteiger partial charge is 0.326 e. The van der Waals surface area contributed by atoms with E-state index in [1.165, 1.54) is 12.1 Å². The number of phenols is 1. The van der Waals surface area contributed by atoms with E-state index in [-0.39, 0.29) is 44.3 Å². The van der Waals surface area contributed by atoms with Gasteiger partial charge in [-0.1, -0.05) is 109 Å². The van der Waals surface area contributed by atoms with Crippen LogP contribution < -0.4 is 32.3 Å². The summed E-state index contributed by atoms with van der Waals surface area (Å²) >= 11 is 0. The summed E-state index contributed by atoms with van der Waals surface area (Å²) in [6.07, 6.45) is 2.19. The van der Waals surface area contributed by atoms with E-state index in [1.807, 2.05) is 48.5 Å². The van der Waals surface area contributed by atoms with E-state index in [1.54, 1.807) is 85.2 Å². The molecule has 0 fully saturated rings. The Morgan fingerprint density at radius 3 is 1.32 bits per heavy atom. The first-order valence-electron chi connectivity index (χ1n) is 23.4. The highest BCUT2D eigenvalue weighted by Gasteiger charge is 2.34. The van der Waals surface area contributed by atoms with Crippen LogP contribution in [0.2, 0.25) is 0 Å². The van der Waals surface area contributed by atoms with Gasteiger partial charge < -0.3 is 57.6 Å². The molecule has 7 aromatic rings. The number of aliphatic carboxylic acids is 2. The Hall–Kier alpha value is -8.77. The molecule has 0 unspecified atom stereocenters. The summed E-state index contributed by atoms with van der Waals surface area (Å²) < 4.78 is 0. The number of phenolic OH excluding ortho intramolecular Hbond substituents is 1. The highest BCUT2D eigenvalue weighted by Crippen LogP contribution is 2.21. The van der Waals surface area contributed by atoms with Crippen LogP contribution in [0.5, 0.6) is 5.75 Å². The number of H-pyrrole nitrogens is 2. The normalized spacial score (nSPS) is 13.7. The Balaban J connectivity index is 1.15. The van der Waals surface area contributed by atoms with E-state index in [2.05, 4.69) is 36.6 Å². The van der Waals surface area contributed by atoms with E-state index in [9.17, 15) is 48.9 Å². The first kappa shape index (κ1) is 51.1. The lowest BCUT2D eigenvalue weighted by molar-refractivity contribution is -0.142. The molecule has 0 aliphatic rings. The topological polar surface area (TPSA) is 298 Å². The molecule has 0 radical (unpaired) electrons. The van der Waals surface area contributed by atoms with Gasteiger partial charge in [-0.05, 0) is 64.9 Å². The van der Waals surface area contributed by atoms with Crippen molar-refractivity contribution in [3.63, 3.8) is 0 Å². The fourth-order valence-electron chi connectivity index (χ4n) is 8.45. The zero-order valence-electron chi connectivity index (χ0n) is 39.0. The van der Waals surface area contributed by atoms with Crippen LogP contribution in [0, 0.1) is 0 Å². The minimum absolute atomic E-state index is 0.0532. The number of carboxylic acid groups (broad SMARTS) is 2. The van der Waals surface area contributed by atoms with E-state index < -0.39 is 84.1 Å². The lowest BCUT2D eigenvalue weighted by atomic mass is 10.00. The summed E-state index contributed by atoms with van der Waals surface area (Å²) in [7, 11) is 0. The number of hydrogen-bond donors (Lipinski definition) is 11. The molecule has 2 heterocycles. The Bertz CT molecular complexity index is 3010. The van der Waals surface area contributed by atoms with Crippen molar-refractivity contribution in [2.45, 2.75) is 81.2 Å². The van der Waals surface area contributed by atoms with Crippen LogP contribution >= 0.6 is 0 Å². The highest BCUT2D eigenvalue weighted by atomic mass is 16.4. The monoisotopic (exact) mass is 976 g/mol. The van der Waals surface area contributed by atoms with E-state index in [0.29, 0.717) is 22.3 Å². The van der Waals surface area contributed by atoms with Gasteiger partial charge >= 0.3 is 11.9 Å². The van der Waals surface area contributed by atoms with Crippen LogP contribution in [0.1, 0.15) is 40.7 Å². The van der Waals surface area contributed by atoms with Gasteiger partial charge in [0.25, 0.3) is 0 Å². The van der Waals surface area contributed by atoms with Crippen molar-refractivity contribution in [2.24, 2.45) is 5.73 Å². The lowest BCUT2D eigenvalue weighted by Gasteiger charge is -2.27. The van der Waals surface area contributed by atoms with Gasteiger partial charge in [0, 0.05) is 66.3 Å². The number of hydrogen-bond acceptors (Lipinski definition) is 9. The fraction of sp³-hybridized carbons (Fsp3) is 0.241. The van der Waals surface area contributed by atoms with Gasteiger partial charge in [-0.15, -0.1) is 0 Å². The zero-order chi connectivity index (χ0) is 51.1.